The second kappa shape index (κ2) is 5.48. The van der Waals surface area contributed by atoms with E-state index in [4.69, 9.17) is 0 Å². The van der Waals surface area contributed by atoms with Gasteiger partial charge >= 0.3 is 0 Å². The van der Waals surface area contributed by atoms with Crippen LogP contribution in [-0.2, 0) is 20.1 Å². The Balaban J connectivity index is 1.80. The fourth-order valence-corrected chi connectivity index (χ4v) is 2.82. The highest BCUT2D eigenvalue weighted by molar-refractivity contribution is 5.80. The van der Waals surface area contributed by atoms with Gasteiger partial charge in [-0.2, -0.15) is 5.10 Å². The summed E-state index contributed by atoms with van der Waals surface area (Å²) in [4.78, 5) is 12.4. The van der Waals surface area contributed by atoms with Crippen molar-refractivity contribution in [2.75, 3.05) is 5.32 Å². The van der Waals surface area contributed by atoms with Crippen molar-refractivity contribution in [3.05, 3.63) is 52.8 Å². The van der Waals surface area contributed by atoms with E-state index in [0.29, 0.717) is 17.7 Å². The molecule has 122 valence electrons. The van der Waals surface area contributed by atoms with Gasteiger partial charge in [0.15, 0.2) is 5.82 Å². The van der Waals surface area contributed by atoms with Crippen molar-refractivity contribution in [3.8, 4) is 0 Å². The summed E-state index contributed by atoms with van der Waals surface area (Å²) in [5, 5.41) is 16.6. The van der Waals surface area contributed by atoms with Crippen LogP contribution in [0.15, 0.2) is 41.5 Å². The average Bonchev–Trinajstić information content (AvgIpc) is 3.24. The summed E-state index contributed by atoms with van der Waals surface area (Å²) >= 11 is 0. The molecule has 8 nitrogen and oxygen atoms in total. The minimum Gasteiger partial charge on any atom is -0.375 e. The molecule has 0 unspecified atom stereocenters. The van der Waals surface area contributed by atoms with Gasteiger partial charge in [-0.25, -0.2) is 0 Å². The van der Waals surface area contributed by atoms with E-state index in [2.05, 4.69) is 20.6 Å². The van der Waals surface area contributed by atoms with Crippen LogP contribution in [-0.4, -0.2) is 28.9 Å². The predicted octanol–water partition coefficient (Wildman–Crippen LogP) is 1.41. The molecule has 0 saturated heterocycles. The summed E-state index contributed by atoms with van der Waals surface area (Å²) in [7, 11) is 1.71. The molecule has 0 bridgehead atoms. The Labute approximate surface area is 137 Å². The summed E-state index contributed by atoms with van der Waals surface area (Å²) < 4.78 is 5.28. The largest absolute Gasteiger partial charge is 0.375 e. The topological polar surface area (TPSA) is 82.0 Å². The van der Waals surface area contributed by atoms with Crippen LogP contribution in [0.4, 0.5) is 5.69 Å². The maximum atomic E-state index is 12.4. The number of anilines is 1. The fourth-order valence-electron chi connectivity index (χ4n) is 2.82. The van der Waals surface area contributed by atoms with Crippen molar-refractivity contribution in [2.45, 2.75) is 20.0 Å². The van der Waals surface area contributed by atoms with E-state index in [-0.39, 0.29) is 5.56 Å². The number of fused-ring (bicyclic) bond motifs is 3. The monoisotopic (exact) mass is 323 g/mol. The standard InChI is InChI=1S/C16H17N7O/c1-3-22-10-11(8-18-22)17-9-14-19-20-16-21(2)15(24)12-6-4-5-7-13(12)23(14)16/h4-8,10,17H,3,9H2,1-2H3. The molecular weight excluding hydrogens is 306 g/mol. The summed E-state index contributed by atoms with van der Waals surface area (Å²) in [6.07, 6.45) is 3.72. The second-order valence-electron chi connectivity index (χ2n) is 5.57. The highest BCUT2D eigenvalue weighted by Gasteiger charge is 2.14. The van der Waals surface area contributed by atoms with Crippen molar-refractivity contribution >= 4 is 22.4 Å². The van der Waals surface area contributed by atoms with E-state index in [1.165, 1.54) is 4.57 Å². The normalized spacial score (nSPS) is 11.4. The van der Waals surface area contributed by atoms with Crippen LogP contribution in [0.2, 0.25) is 0 Å². The number of aromatic nitrogens is 6. The van der Waals surface area contributed by atoms with Crippen LogP contribution >= 0.6 is 0 Å². The van der Waals surface area contributed by atoms with Crippen molar-refractivity contribution < 1.29 is 0 Å². The third-order valence-corrected chi connectivity index (χ3v) is 4.10. The van der Waals surface area contributed by atoms with Gasteiger partial charge in [0.1, 0.15) is 0 Å². The van der Waals surface area contributed by atoms with E-state index >= 15 is 0 Å². The molecule has 4 rings (SSSR count). The molecule has 24 heavy (non-hydrogen) atoms. The lowest BCUT2D eigenvalue weighted by Gasteiger charge is -2.08. The molecule has 4 aromatic rings. The zero-order valence-corrected chi connectivity index (χ0v) is 13.5. The molecule has 3 heterocycles. The minimum atomic E-state index is -0.0748. The summed E-state index contributed by atoms with van der Waals surface area (Å²) in [5.41, 5.74) is 1.65. The zero-order valence-electron chi connectivity index (χ0n) is 13.5. The van der Waals surface area contributed by atoms with E-state index in [1.807, 2.05) is 46.5 Å². The van der Waals surface area contributed by atoms with Gasteiger partial charge in [0, 0.05) is 19.8 Å². The number of nitrogens with zero attached hydrogens (tertiary/aromatic N) is 6. The quantitative estimate of drug-likeness (QED) is 0.614. The van der Waals surface area contributed by atoms with Crippen molar-refractivity contribution in [2.24, 2.45) is 7.05 Å². The maximum Gasteiger partial charge on any atom is 0.262 e. The molecule has 0 saturated carbocycles. The highest BCUT2D eigenvalue weighted by atomic mass is 16.1. The molecule has 1 aromatic carbocycles. The number of rotatable bonds is 4. The fraction of sp³-hybridized carbons (Fsp3) is 0.250. The lowest BCUT2D eigenvalue weighted by atomic mass is 10.2. The third-order valence-electron chi connectivity index (χ3n) is 4.10. The molecule has 0 aliphatic rings. The highest BCUT2D eigenvalue weighted by Crippen LogP contribution is 2.15. The first-order valence-corrected chi connectivity index (χ1v) is 7.77. The minimum absolute atomic E-state index is 0.0748. The number of aryl methyl sites for hydroxylation is 2. The molecular formula is C16H17N7O. The van der Waals surface area contributed by atoms with Crippen LogP contribution in [0.1, 0.15) is 12.7 Å². The molecule has 1 N–H and O–H groups in total. The van der Waals surface area contributed by atoms with Gasteiger partial charge in [0.25, 0.3) is 5.56 Å². The van der Waals surface area contributed by atoms with Crippen LogP contribution in [0.5, 0.6) is 0 Å². The third kappa shape index (κ3) is 2.15. The molecule has 3 aromatic heterocycles. The number of nitrogens with one attached hydrogen (secondary N) is 1. The summed E-state index contributed by atoms with van der Waals surface area (Å²) in [6, 6.07) is 7.49. The Morgan fingerprint density at radius 2 is 2.04 bits per heavy atom. The second-order valence-corrected chi connectivity index (χ2v) is 5.57. The molecule has 0 spiro atoms. The number of hydrogen-bond donors (Lipinski definition) is 1. The van der Waals surface area contributed by atoms with Crippen LogP contribution in [0.25, 0.3) is 16.7 Å². The molecule has 0 fully saturated rings. The van der Waals surface area contributed by atoms with Gasteiger partial charge in [-0.1, -0.05) is 12.1 Å². The molecule has 0 aliphatic heterocycles. The van der Waals surface area contributed by atoms with Gasteiger partial charge in [-0.05, 0) is 19.1 Å². The number of para-hydroxylation sites is 1. The van der Waals surface area contributed by atoms with Crippen LogP contribution in [0.3, 0.4) is 0 Å². The Kier molecular flexibility index (Phi) is 3.30. The zero-order chi connectivity index (χ0) is 16.7. The lowest BCUT2D eigenvalue weighted by molar-refractivity contribution is 0.660. The first-order chi connectivity index (χ1) is 11.7. The SMILES string of the molecule is CCn1cc(NCc2nnc3n(C)c(=O)c4ccccc4n23)cn1. The van der Waals surface area contributed by atoms with Gasteiger partial charge < -0.3 is 5.32 Å². The smallest absolute Gasteiger partial charge is 0.262 e. The predicted molar refractivity (Wildman–Crippen MR) is 91.0 cm³/mol. The molecule has 0 atom stereocenters. The Bertz CT molecular complexity index is 1090. The van der Waals surface area contributed by atoms with Gasteiger partial charge in [0.2, 0.25) is 5.78 Å². The molecule has 0 radical (unpaired) electrons. The van der Waals surface area contributed by atoms with Crippen molar-refractivity contribution in [3.63, 3.8) is 0 Å². The van der Waals surface area contributed by atoms with E-state index in [0.717, 1.165) is 23.6 Å². The van der Waals surface area contributed by atoms with E-state index in [9.17, 15) is 4.79 Å². The van der Waals surface area contributed by atoms with Gasteiger partial charge in [-0.15, -0.1) is 10.2 Å². The number of hydrogen-bond acceptors (Lipinski definition) is 5. The van der Waals surface area contributed by atoms with E-state index < -0.39 is 0 Å². The van der Waals surface area contributed by atoms with Crippen LogP contribution in [0, 0.1) is 0 Å². The van der Waals surface area contributed by atoms with Crippen molar-refractivity contribution in [1.82, 2.24) is 28.9 Å². The molecule has 8 heteroatoms. The molecule has 0 amide bonds. The first kappa shape index (κ1) is 14.4. The number of benzene rings is 1. The lowest BCUT2D eigenvalue weighted by Crippen LogP contribution is -2.20. The van der Waals surface area contributed by atoms with Crippen LogP contribution < -0.4 is 10.9 Å². The summed E-state index contributed by atoms with van der Waals surface area (Å²) in [6.45, 7) is 3.34. The molecule has 0 aliphatic carbocycles. The maximum absolute atomic E-state index is 12.4. The Morgan fingerprint density at radius 1 is 1.21 bits per heavy atom. The first-order valence-electron chi connectivity index (χ1n) is 7.77. The van der Waals surface area contributed by atoms with Gasteiger partial charge in [-0.3, -0.25) is 18.4 Å². The Morgan fingerprint density at radius 3 is 2.83 bits per heavy atom. The van der Waals surface area contributed by atoms with Crippen molar-refractivity contribution in [1.29, 1.82) is 0 Å². The van der Waals surface area contributed by atoms with E-state index in [1.54, 1.807) is 13.2 Å². The average molecular weight is 323 g/mol. The van der Waals surface area contributed by atoms with Gasteiger partial charge in [0.05, 0.1) is 29.3 Å². The summed E-state index contributed by atoms with van der Waals surface area (Å²) in [5.74, 6) is 1.26. The Hall–Kier alpha value is -3.16.